The zero-order valence-corrected chi connectivity index (χ0v) is 29.4. The Morgan fingerprint density at radius 3 is 2.25 bits per heavy atom. The number of benzene rings is 5. The van der Waals surface area contributed by atoms with Crippen molar-refractivity contribution in [3.63, 3.8) is 0 Å². The van der Waals surface area contributed by atoms with Gasteiger partial charge in [0.15, 0.2) is 0 Å². The number of amidine groups is 1. The lowest BCUT2D eigenvalue weighted by atomic mass is 9.95. The van der Waals surface area contributed by atoms with Crippen LogP contribution in [0.4, 0.5) is 0 Å². The number of allylic oxidation sites excluding steroid dienone is 3. The number of nitrogens with zero attached hydrogens (tertiary/aromatic N) is 4. The van der Waals surface area contributed by atoms with Gasteiger partial charge in [0.2, 0.25) is 5.96 Å². The predicted molar refractivity (Wildman–Crippen MR) is 218 cm³/mol. The van der Waals surface area contributed by atoms with Gasteiger partial charge < -0.3 is 4.57 Å². The van der Waals surface area contributed by atoms with E-state index in [1.807, 2.05) is 47.2 Å². The molecular weight excluding hydrogens is 635 g/mol. The van der Waals surface area contributed by atoms with E-state index in [9.17, 15) is 5.41 Å². The molecule has 3 aliphatic rings. The Balaban J connectivity index is 1.08. The monoisotopic (exact) mass is 675 g/mol. The van der Waals surface area contributed by atoms with E-state index < -0.39 is 0 Å². The lowest BCUT2D eigenvalue weighted by molar-refractivity contribution is 0.448. The van der Waals surface area contributed by atoms with Crippen molar-refractivity contribution >= 4 is 61.6 Å². The van der Waals surface area contributed by atoms with Crippen molar-refractivity contribution in [2.75, 3.05) is 0 Å². The van der Waals surface area contributed by atoms with Gasteiger partial charge in [-0.2, -0.15) is 4.99 Å². The maximum atomic E-state index is 9.42. The SMILES string of the molecule is Cc1ccc2c(c1)c1cc(-c3ccc4c(c3)c3ccccc3n4C(=N)/N=C(\N=C\c3ccccc3)C3C=CCCC3)ccc1n2C1CC=CC2CC21. The molecule has 5 heteroatoms. The summed E-state index contributed by atoms with van der Waals surface area (Å²) in [6.45, 7) is 2.20. The normalized spacial score (nSPS) is 21.5. The molecule has 4 unspecified atom stereocenters. The highest BCUT2D eigenvalue weighted by Gasteiger charge is 2.44. The lowest BCUT2D eigenvalue weighted by Crippen LogP contribution is -2.17. The first-order valence-electron chi connectivity index (χ1n) is 18.8. The van der Waals surface area contributed by atoms with E-state index in [2.05, 4.69) is 109 Å². The van der Waals surface area contributed by atoms with Crippen molar-refractivity contribution in [3.05, 3.63) is 145 Å². The lowest BCUT2D eigenvalue weighted by Gasteiger charge is -2.22. The molecule has 7 aromatic rings. The third kappa shape index (κ3) is 5.26. The van der Waals surface area contributed by atoms with Gasteiger partial charge in [0, 0.05) is 50.8 Å². The van der Waals surface area contributed by atoms with Crippen LogP contribution < -0.4 is 0 Å². The molecule has 254 valence electrons. The second-order valence-corrected chi connectivity index (χ2v) is 14.9. The van der Waals surface area contributed by atoms with Crippen molar-refractivity contribution in [2.24, 2.45) is 27.7 Å². The number of nitrogens with one attached hydrogen (secondary N) is 1. The Bertz CT molecular complexity index is 2670. The van der Waals surface area contributed by atoms with E-state index in [-0.39, 0.29) is 11.9 Å². The van der Waals surface area contributed by atoms with Crippen molar-refractivity contribution in [1.82, 2.24) is 9.13 Å². The third-order valence-electron chi connectivity index (χ3n) is 11.6. The standard InChI is InChI=1S/C47H41N5/c1-30-19-22-43-38(25-30)40-27-34(20-23-44(40)51(43)42-18-10-15-35-28-37(35)42)33-21-24-45-39(26-33)36-16-8-9-17-41(36)52(45)47(48)50-46(32-13-6-3-7-14-32)49-29-31-11-4-2-5-12-31/h2,4-6,8-13,15-17,19-27,29,32,35,37,42,48H,3,7,14,18,28H2,1H3/b48-47?,49-29+,50-46-. The van der Waals surface area contributed by atoms with Crippen molar-refractivity contribution in [1.29, 1.82) is 5.41 Å². The summed E-state index contributed by atoms with van der Waals surface area (Å²) in [5, 5.41) is 14.3. The molecule has 5 nitrogen and oxygen atoms in total. The van der Waals surface area contributed by atoms with Gasteiger partial charge in [0.1, 0.15) is 5.84 Å². The summed E-state index contributed by atoms with van der Waals surface area (Å²) in [6, 6.07) is 39.7. The molecule has 2 aromatic heterocycles. The summed E-state index contributed by atoms with van der Waals surface area (Å²) in [6.07, 6.45) is 16.7. The van der Waals surface area contributed by atoms with E-state index in [0.717, 1.165) is 64.9 Å². The minimum absolute atomic E-state index is 0.0821. The summed E-state index contributed by atoms with van der Waals surface area (Å²) in [5.41, 5.74) is 9.31. The summed E-state index contributed by atoms with van der Waals surface area (Å²) in [5.74, 6) is 2.43. The Morgan fingerprint density at radius 2 is 1.44 bits per heavy atom. The van der Waals surface area contributed by atoms with E-state index in [1.165, 1.54) is 44.9 Å². The fraction of sp³-hybridized carbons (Fsp3) is 0.213. The highest BCUT2D eigenvalue weighted by atomic mass is 15.2. The summed E-state index contributed by atoms with van der Waals surface area (Å²) in [4.78, 5) is 9.85. The fourth-order valence-electron chi connectivity index (χ4n) is 8.92. The van der Waals surface area contributed by atoms with E-state index in [4.69, 9.17) is 9.98 Å². The van der Waals surface area contributed by atoms with Crippen molar-refractivity contribution in [2.45, 2.75) is 45.1 Å². The second-order valence-electron chi connectivity index (χ2n) is 14.9. The van der Waals surface area contributed by atoms with Crippen LogP contribution in [-0.2, 0) is 0 Å². The van der Waals surface area contributed by atoms with Crippen LogP contribution in [-0.4, -0.2) is 27.1 Å². The number of para-hydroxylation sites is 1. The second kappa shape index (κ2) is 12.4. The zero-order valence-electron chi connectivity index (χ0n) is 29.4. The van der Waals surface area contributed by atoms with Crippen LogP contribution in [0.2, 0.25) is 0 Å². The summed E-state index contributed by atoms with van der Waals surface area (Å²) >= 11 is 0. The maximum absolute atomic E-state index is 9.42. The van der Waals surface area contributed by atoms with Crippen LogP contribution in [0.1, 0.15) is 49.3 Å². The van der Waals surface area contributed by atoms with Crippen LogP contribution in [0.3, 0.4) is 0 Å². The molecule has 3 aliphatic carbocycles. The van der Waals surface area contributed by atoms with Gasteiger partial charge in [0.25, 0.3) is 0 Å². The molecule has 2 heterocycles. The molecule has 5 aromatic carbocycles. The number of hydrogen-bond donors (Lipinski definition) is 1. The molecule has 1 saturated carbocycles. The van der Waals surface area contributed by atoms with Crippen molar-refractivity contribution in [3.8, 4) is 11.1 Å². The molecule has 0 spiro atoms. The molecule has 10 rings (SSSR count). The molecule has 1 N–H and O–H groups in total. The number of hydrogen-bond acceptors (Lipinski definition) is 1. The fourth-order valence-corrected chi connectivity index (χ4v) is 8.92. The van der Waals surface area contributed by atoms with Gasteiger partial charge in [-0.05, 0) is 110 Å². The van der Waals surface area contributed by atoms with E-state index in [0.29, 0.717) is 11.9 Å². The molecule has 0 aliphatic heterocycles. The Labute approximate surface area is 303 Å². The molecule has 0 amide bonds. The van der Waals surface area contributed by atoms with Gasteiger partial charge >= 0.3 is 0 Å². The van der Waals surface area contributed by atoms with Crippen LogP contribution in [0.25, 0.3) is 54.7 Å². The van der Waals surface area contributed by atoms with Gasteiger partial charge in [-0.1, -0.05) is 96.6 Å². The number of aryl methyl sites for hydroxylation is 1. The first-order valence-corrected chi connectivity index (χ1v) is 18.8. The average molecular weight is 676 g/mol. The van der Waals surface area contributed by atoms with E-state index in [1.54, 1.807) is 0 Å². The van der Waals surface area contributed by atoms with E-state index >= 15 is 0 Å². The highest BCUT2D eigenvalue weighted by Crippen LogP contribution is 2.53. The number of fused-ring (bicyclic) bond motifs is 7. The summed E-state index contributed by atoms with van der Waals surface area (Å²) < 4.78 is 4.63. The number of aromatic nitrogens is 2. The topological polar surface area (TPSA) is 58.4 Å². The average Bonchev–Trinajstić information content (AvgIpc) is 3.83. The Morgan fingerprint density at radius 1 is 0.731 bits per heavy atom. The maximum Gasteiger partial charge on any atom is 0.228 e. The molecular formula is C47H41N5. The predicted octanol–water partition coefficient (Wildman–Crippen LogP) is 11.7. The largest absolute Gasteiger partial charge is 0.337 e. The molecule has 52 heavy (non-hydrogen) atoms. The molecule has 0 bridgehead atoms. The summed E-state index contributed by atoms with van der Waals surface area (Å²) in [7, 11) is 0. The first kappa shape index (κ1) is 31.0. The minimum atomic E-state index is 0.0821. The third-order valence-corrected chi connectivity index (χ3v) is 11.6. The van der Waals surface area contributed by atoms with Gasteiger partial charge in [-0.3, -0.25) is 9.98 Å². The van der Waals surface area contributed by atoms with Gasteiger partial charge in [-0.15, -0.1) is 0 Å². The van der Waals surface area contributed by atoms with Crippen LogP contribution in [0.5, 0.6) is 0 Å². The van der Waals surface area contributed by atoms with Crippen LogP contribution in [0, 0.1) is 30.1 Å². The smallest absolute Gasteiger partial charge is 0.228 e. The van der Waals surface area contributed by atoms with Crippen molar-refractivity contribution < 1.29 is 0 Å². The number of aliphatic imine (C=N–C) groups is 2. The minimum Gasteiger partial charge on any atom is -0.337 e. The van der Waals surface area contributed by atoms with Crippen LogP contribution in [0.15, 0.2) is 143 Å². The quantitative estimate of drug-likeness (QED) is 0.110. The van der Waals surface area contributed by atoms with Gasteiger partial charge in [-0.25, -0.2) is 4.99 Å². The molecule has 0 radical (unpaired) electrons. The molecule has 4 atom stereocenters. The first-order chi connectivity index (χ1) is 25.6. The number of rotatable bonds is 4. The van der Waals surface area contributed by atoms with Crippen LogP contribution >= 0.6 is 0 Å². The molecule has 0 saturated heterocycles. The zero-order chi connectivity index (χ0) is 34.8. The molecule has 1 fully saturated rings. The van der Waals surface area contributed by atoms with Gasteiger partial charge in [0.05, 0.1) is 11.0 Å². The highest BCUT2D eigenvalue weighted by molar-refractivity contribution is 6.16. The Hall–Kier alpha value is -5.81. The Kier molecular flexibility index (Phi) is 7.41.